The lowest BCUT2D eigenvalue weighted by Gasteiger charge is -2.31. The maximum Gasteiger partial charge on any atom is 0.328 e. The van der Waals surface area contributed by atoms with E-state index in [2.05, 4.69) is 43.2 Å². The average molecular weight is 808 g/mol. The van der Waals surface area contributed by atoms with Crippen molar-refractivity contribution in [2.45, 2.75) is 106 Å². The zero-order chi connectivity index (χ0) is 42.0. The SMILES string of the molecule is CC[C@@H](CC(=O)OCOC(=O)CCCCC(=O)[C@H](C)OP(C)(=O)OCc1ccccc1)c1ccc(N(CC(C)C)CC(C)C)c(NC(=O)Nc2ccc(C)cc2)c1. The van der Waals surface area contributed by atoms with Gasteiger partial charge in [-0.1, -0.05) is 88.7 Å². The van der Waals surface area contributed by atoms with Gasteiger partial charge in [0.15, 0.2) is 5.78 Å². The Bertz CT molecular complexity index is 1770. The first-order chi connectivity index (χ1) is 27.0. The number of ketones is 1. The lowest BCUT2D eigenvalue weighted by Crippen LogP contribution is -2.32. The van der Waals surface area contributed by atoms with Crippen molar-refractivity contribution in [3.05, 3.63) is 89.5 Å². The van der Waals surface area contributed by atoms with E-state index >= 15 is 0 Å². The second-order valence-corrected chi connectivity index (χ2v) is 17.3. The van der Waals surface area contributed by atoms with Gasteiger partial charge in [-0.05, 0) is 86.3 Å². The number of hydrogen-bond acceptors (Lipinski definition) is 10. The lowest BCUT2D eigenvalue weighted by molar-refractivity contribution is -0.167. The molecule has 0 aromatic heterocycles. The van der Waals surface area contributed by atoms with Crippen molar-refractivity contribution in [1.82, 2.24) is 0 Å². The van der Waals surface area contributed by atoms with Crippen LogP contribution >= 0.6 is 7.60 Å². The standard InChI is InChI=1S/C44H62N3O9P/c1-9-36(37-21-24-40(47(27-31(2)3)28-32(4)5)39(25-37)46-44(51)45-38-22-19-33(6)20-23-38)26-43(50)54-30-53-42(49)18-14-13-17-41(48)34(7)56-57(8,52)55-29-35-15-11-10-12-16-35/h10-12,15-16,19-25,31-32,34,36H,9,13-14,17-18,26-30H2,1-8H3,(H2,45,46,51)/t34-,36-,57?/m0/s1. The number of benzene rings is 3. The molecule has 0 fully saturated rings. The Morgan fingerprint density at radius 2 is 1.42 bits per heavy atom. The first-order valence-corrected chi connectivity index (χ1v) is 21.9. The minimum Gasteiger partial charge on any atom is -0.428 e. The van der Waals surface area contributed by atoms with E-state index in [-0.39, 0.29) is 43.6 Å². The quantitative estimate of drug-likeness (QED) is 0.0388. The molecule has 3 atom stereocenters. The van der Waals surface area contributed by atoms with Crippen molar-refractivity contribution in [3.8, 4) is 0 Å². The number of esters is 2. The Labute approximate surface area is 338 Å². The maximum absolute atomic E-state index is 13.2. The number of urea groups is 1. The van der Waals surface area contributed by atoms with Gasteiger partial charge in [0, 0.05) is 38.3 Å². The van der Waals surface area contributed by atoms with Crippen LogP contribution in [0.3, 0.4) is 0 Å². The zero-order valence-electron chi connectivity index (χ0n) is 34.9. The van der Waals surface area contributed by atoms with E-state index in [1.807, 2.05) is 86.6 Å². The summed E-state index contributed by atoms with van der Waals surface area (Å²) in [5, 5.41) is 5.98. The van der Waals surface area contributed by atoms with Crippen LogP contribution in [-0.2, 0) is 44.1 Å². The van der Waals surface area contributed by atoms with Gasteiger partial charge in [0.2, 0.25) is 6.79 Å². The Morgan fingerprint density at radius 3 is 2.05 bits per heavy atom. The van der Waals surface area contributed by atoms with Gasteiger partial charge in [-0.15, -0.1) is 0 Å². The van der Waals surface area contributed by atoms with Crippen molar-refractivity contribution in [2.75, 3.05) is 42.1 Å². The van der Waals surface area contributed by atoms with Crippen LogP contribution in [0.5, 0.6) is 0 Å². The van der Waals surface area contributed by atoms with E-state index in [0.717, 1.165) is 35.5 Å². The van der Waals surface area contributed by atoms with E-state index < -0.39 is 32.4 Å². The molecule has 3 aromatic rings. The number of rotatable bonds is 24. The molecule has 0 heterocycles. The van der Waals surface area contributed by atoms with Crippen molar-refractivity contribution in [2.24, 2.45) is 11.8 Å². The first-order valence-electron chi connectivity index (χ1n) is 19.9. The molecule has 0 spiro atoms. The fourth-order valence-corrected chi connectivity index (χ4v) is 7.30. The largest absolute Gasteiger partial charge is 0.428 e. The van der Waals surface area contributed by atoms with Gasteiger partial charge in [-0.25, -0.2) is 4.79 Å². The molecule has 3 rings (SSSR count). The number of unbranched alkanes of at least 4 members (excludes halogenated alkanes) is 1. The molecule has 0 aliphatic heterocycles. The van der Waals surface area contributed by atoms with Crippen LogP contribution in [-0.4, -0.2) is 56.4 Å². The highest BCUT2D eigenvalue weighted by Gasteiger charge is 2.25. The second kappa shape index (κ2) is 23.7. The molecule has 0 saturated carbocycles. The number of hydrogen-bond donors (Lipinski definition) is 2. The Kier molecular flexibility index (Phi) is 19.5. The number of Topliss-reactive ketones (excluding diaryl/α,β-unsaturated/α-hetero) is 1. The Hall–Kier alpha value is -4.51. The van der Waals surface area contributed by atoms with Gasteiger partial charge in [0.1, 0.15) is 6.10 Å². The minimum absolute atomic E-state index is 0.0361. The topological polar surface area (TPSA) is 150 Å². The zero-order valence-corrected chi connectivity index (χ0v) is 35.8. The number of nitrogens with one attached hydrogen (secondary N) is 2. The van der Waals surface area contributed by atoms with E-state index in [4.69, 9.17) is 18.5 Å². The Balaban J connectivity index is 1.50. The molecule has 0 bridgehead atoms. The van der Waals surface area contributed by atoms with Crippen LogP contribution in [0.1, 0.15) is 103 Å². The molecule has 57 heavy (non-hydrogen) atoms. The molecule has 312 valence electrons. The van der Waals surface area contributed by atoms with Crippen LogP contribution in [0.2, 0.25) is 0 Å². The number of carbonyl (C=O) groups excluding carboxylic acids is 4. The fraction of sp³-hybridized carbons (Fsp3) is 0.500. The molecule has 0 aliphatic carbocycles. The maximum atomic E-state index is 13.2. The normalized spacial score (nSPS) is 13.4. The third kappa shape index (κ3) is 17.7. The summed E-state index contributed by atoms with van der Waals surface area (Å²) in [6.07, 6.45) is 0.687. The van der Waals surface area contributed by atoms with Crippen LogP contribution in [0.25, 0.3) is 0 Å². The molecule has 12 nitrogen and oxygen atoms in total. The van der Waals surface area contributed by atoms with E-state index in [1.54, 1.807) is 0 Å². The number of ether oxygens (including phenoxy) is 2. The molecule has 2 amide bonds. The summed E-state index contributed by atoms with van der Waals surface area (Å²) in [5.74, 6) is -0.766. The van der Waals surface area contributed by atoms with Crippen LogP contribution in [0.15, 0.2) is 72.8 Å². The number of amides is 2. The van der Waals surface area contributed by atoms with Gasteiger partial charge in [0.05, 0.1) is 24.4 Å². The first kappa shape index (κ1) is 46.9. The predicted molar refractivity (Wildman–Crippen MR) is 226 cm³/mol. The summed E-state index contributed by atoms with van der Waals surface area (Å²) < 4.78 is 34.0. The summed E-state index contributed by atoms with van der Waals surface area (Å²) in [6.45, 7) is 16.7. The summed E-state index contributed by atoms with van der Waals surface area (Å²) in [6, 6.07) is 22.4. The number of carbonyl (C=O) groups is 4. The molecule has 1 unspecified atom stereocenters. The molecule has 0 radical (unpaired) electrons. The second-order valence-electron chi connectivity index (χ2n) is 15.3. The predicted octanol–water partition coefficient (Wildman–Crippen LogP) is 10.3. The van der Waals surface area contributed by atoms with Crippen molar-refractivity contribution < 1.29 is 42.3 Å². The molecule has 3 aromatic carbocycles. The molecule has 13 heteroatoms. The van der Waals surface area contributed by atoms with E-state index in [0.29, 0.717) is 42.5 Å². The van der Waals surface area contributed by atoms with E-state index in [9.17, 15) is 23.7 Å². The van der Waals surface area contributed by atoms with Gasteiger partial charge in [0.25, 0.3) is 0 Å². The van der Waals surface area contributed by atoms with Gasteiger partial charge in [-0.2, -0.15) is 0 Å². The fourth-order valence-electron chi connectivity index (χ4n) is 6.16. The summed E-state index contributed by atoms with van der Waals surface area (Å²) in [5.41, 5.74) is 5.01. The summed E-state index contributed by atoms with van der Waals surface area (Å²) in [7, 11) is -3.46. The monoisotopic (exact) mass is 807 g/mol. The van der Waals surface area contributed by atoms with Crippen molar-refractivity contribution >= 4 is 48.4 Å². The molecular weight excluding hydrogens is 745 g/mol. The van der Waals surface area contributed by atoms with Crippen molar-refractivity contribution in [1.29, 1.82) is 0 Å². The van der Waals surface area contributed by atoms with Gasteiger partial charge < -0.3 is 29.5 Å². The van der Waals surface area contributed by atoms with E-state index in [1.165, 1.54) is 13.6 Å². The highest BCUT2D eigenvalue weighted by atomic mass is 31.2. The highest BCUT2D eigenvalue weighted by molar-refractivity contribution is 7.53. The van der Waals surface area contributed by atoms with Crippen LogP contribution in [0, 0.1) is 18.8 Å². The van der Waals surface area contributed by atoms with Gasteiger partial charge >= 0.3 is 25.6 Å². The van der Waals surface area contributed by atoms with Crippen LogP contribution in [0.4, 0.5) is 21.9 Å². The number of aryl methyl sites for hydroxylation is 1. The highest BCUT2D eigenvalue weighted by Crippen LogP contribution is 2.46. The third-order valence-corrected chi connectivity index (χ3v) is 10.4. The smallest absolute Gasteiger partial charge is 0.328 e. The van der Waals surface area contributed by atoms with Gasteiger partial charge in [-0.3, -0.25) is 23.5 Å². The Morgan fingerprint density at radius 1 is 0.789 bits per heavy atom. The molecule has 0 aliphatic rings. The van der Waals surface area contributed by atoms with Crippen molar-refractivity contribution in [3.63, 3.8) is 0 Å². The van der Waals surface area contributed by atoms with Crippen LogP contribution < -0.4 is 15.5 Å². The number of anilines is 3. The number of nitrogens with zero attached hydrogens (tertiary/aromatic N) is 1. The molecule has 2 N–H and O–H groups in total. The lowest BCUT2D eigenvalue weighted by atomic mass is 9.92. The third-order valence-electron chi connectivity index (χ3n) is 9.07. The summed E-state index contributed by atoms with van der Waals surface area (Å²) in [4.78, 5) is 53.3. The molecular formula is C44H62N3O9P. The molecule has 0 saturated heterocycles. The average Bonchev–Trinajstić information content (AvgIpc) is 3.15. The minimum atomic E-state index is -3.46. The summed E-state index contributed by atoms with van der Waals surface area (Å²) >= 11 is 0.